The number of carbonyl (C=O) groups excluding carboxylic acids is 1. The molecule has 0 spiro atoms. The van der Waals surface area contributed by atoms with Crippen molar-refractivity contribution < 1.29 is 9.53 Å². The lowest BCUT2D eigenvalue weighted by Gasteiger charge is -2.29. The topological polar surface area (TPSA) is 41.6 Å². The number of ether oxygens (including phenoxy) is 1. The van der Waals surface area contributed by atoms with Gasteiger partial charge in [0.05, 0.1) is 6.10 Å². The summed E-state index contributed by atoms with van der Waals surface area (Å²) in [6.07, 6.45) is 4.55. The fourth-order valence-electron chi connectivity index (χ4n) is 2.41. The summed E-state index contributed by atoms with van der Waals surface area (Å²) in [5.74, 6) is 0. The Morgan fingerprint density at radius 3 is 3.10 bits per heavy atom. The Morgan fingerprint density at radius 1 is 1.55 bits per heavy atom. The third kappa shape index (κ3) is 4.80. The van der Waals surface area contributed by atoms with Crippen LogP contribution >= 0.6 is 11.3 Å². The van der Waals surface area contributed by atoms with Crippen molar-refractivity contribution in [3.05, 3.63) is 22.4 Å². The number of nitrogens with one attached hydrogen (secondary N) is 1. The quantitative estimate of drug-likeness (QED) is 0.877. The minimum absolute atomic E-state index is 0.0261. The van der Waals surface area contributed by atoms with Crippen LogP contribution in [0.5, 0.6) is 0 Å². The van der Waals surface area contributed by atoms with E-state index in [0.29, 0.717) is 13.1 Å². The molecule has 1 aliphatic rings. The van der Waals surface area contributed by atoms with Gasteiger partial charge in [-0.1, -0.05) is 6.07 Å². The van der Waals surface area contributed by atoms with Gasteiger partial charge in [0.25, 0.3) is 0 Å². The molecule has 20 heavy (non-hydrogen) atoms. The van der Waals surface area contributed by atoms with E-state index in [2.05, 4.69) is 16.8 Å². The fourth-order valence-corrected chi connectivity index (χ4v) is 3.12. The van der Waals surface area contributed by atoms with E-state index < -0.39 is 0 Å². The Hall–Kier alpha value is -1.07. The maximum absolute atomic E-state index is 12.1. The van der Waals surface area contributed by atoms with Gasteiger partial charge in [-0.25, -0.2) is 4.79 Å². The van der Waals surface area contributed by atoms with Crippen molar-refractivity contribution in [3.8, 4) is 0 Å². The Bertz CT molecular complexity index is 389. The molecule has 0 unspecified atom stereocenters. The predicted molar refractivity (Wildman–Crippen MR) is 82.3 cm³/mol. The van der Waals surface area contributed by atoms with Crippen LogP contribution in [0.15, 0.2) is 17.5 Å². The lowest BCUT2D eigenvalue weighted by molar-refractivity contribution is 0.00136. The SMILES string of the molecule is CCN(C[C@H]1CCCCO1)C(=O)NCCc1cccs1. The first-order chi connectivity index (χ1) is 9.79. The normalized spacial score (nSPS) is 18.8. The van der Waals surface area contributed by atoms with Gasteiger partial charge < -0.3 is 15.0 Å². The number of carbonyl (C=O) groups is 1. The summed E-state index contributed by atoms with van der Waals surface area (Å²) in [5.41, 5.74) is 0. The van der Waals surface area contributed by atoms with E-state index in [9.17, 15) is 4.79 Å². The van der Waals surface area contributed by atoms with Gasteiger partial charge in [0.15, 0.2) is 0 Å². The minimum Gasteiger partial charge on any atom is -0.376 e. The highest BCUT2D eigenvalue weighted by Crippen LogP contribution is 2.14. The molecule has 2 amide bonds. The predicted octanol–water partition coefficient (Wildman–Crippen LogP) is 2.89. The van der Waals surface area contributed by atoms with Gasteiger partial charge in [-0.05, 0) is 44.1 Å². The Morgan fingerprint density at radius 2 is 2.45 bits per heavy atom. The molecule has 0 bridgehead atoms. The van der Waals surface area contributed by atoms with Gasteiger partial charge in [0, 0.05) is 31.1 Å². The van der Waals surface area contributed by atoms with Gasteiger partial charge in [-0.15, -0.1) is 11.3 Å². The molecule has 0 saturated carbocycles. The monoisotopic (exact) mass is 296 g/mol. The number of nitrogens with zero attached hydrogens (tertiary/aromatic N) is 1. The zero-order chi connectivity index (χ0) is 14.2. The van der Waals surface area contributed by atoms with Crippen LogP contribution in [0.25, 0.3) is 0 Å². The third-order valence-electron chi connectivity index (χ3n) is 3.59. The molecule has 1 aromatic rings. The summed E-state index contributed by atoms with van der Waals surface area (Å²) in [6, 6.07) is 4.17. The van der Waals surface area contributed by atoms with Crippen molar-refractivity contribution in [2.24, 2.45) is 0 Å². The van der Waals surface area contributed by atoms with Crippen molar-refractivity contribution >= 4 is 17.4 Å². The lowest BCUT2D eigenvalue weighted by atomic mass is 10.1. The van der Waals surface area contributed by atoms with E-state index in [-0.39, 0.29) is 12.1 Å². The van der Waals surface area contributed by atoms with Crippen LogP contribution in [0.2, 0.25) is 0 Å². The Balaban J connectivity index is 1.70. The zero-order valence-corrected chi connectivity index (χ0v) is 13.0. The molecule has 2 rings (SSSR count). The third-order valence-corrected chi connectivity index (χ3v) is 4.53. The number of amides is 2. The Labute approximate surface area is 125 Å². The first-order valence-electron chi connectivity index (χ1n) is 7.46. The largest absolute Gasteiger partial charge is 0.376 e. The number of hydrogen-bond acceptors (Lipinski definition) is 3. The lowest BCUT2D eigenvalue weighted by Crippen LogP contribution is -2.45. The maximum Gasteiger partial charge on any atom is 0.317 e. The maximum atomic E-state index is 12.1. The van der Waals surface area contributed by atoms with Crippen LogP contribution in [-0.4, -0.2) is 43.3 Å². The number of rotatable bonds is 6. The number of thiophene rings is 1. The molecule has 1 atom stereocenters. The summed E-state index contributed by atoms with van der Waals surface area (Å²) >= 11 is 1.73. The molecule has 2 heterocycles. The second-order valence-corrected chi connectivity index (χ2v) is 6.12. The van der Waals surface area contributed by atoms with Gasteiger partial charge >= 0.3 is 6.03 Å². The molecule has 1 aromatic heterocycles. The number of likely N-dealkylation sites (N-methyl/N-ethyl adjacent to an activating group) is 1. The molecule has 5 heteroatoms. The van der Waals surface area contributed by atoms with Crippen molar-refractivity contribution in [3.63, 3.8) is 0 Å². The molecule has 0 aromatic carbocycles. The molecular formula is C15H24N2O2S. The van der Waals surface area contributed by atoms with Gasteiger partial charge in [-0.3, -0.25) is 0 Å². The summed E-state index contributed by atoms with van der Waals surface area (Å²) < 4.78 is 5.70. The summed E-state index contributed by atoms with van der Waals surface area (Å²) in [6.45, 7) is 4.98. The van der Waals surface area contributed by atoms with E-state index in [1.165, 1.54) is 11.3 Å². The molecule has 1 aliphatic heterocycles. The molecule has 1 saturated heterocycles. The standard InChI is InChI=1S/C15H24N2O2S/c1-2-17(12-13-6-3-4-10-19-13)15(18)16-9-8-14-7-5-11-20-14/h5,7,11,13H,2-4,6,8-10,12H2,1H3,(H,16,18)/t13-/m1/s1. The van der Waals surface area contributed by atoms with Gasteiger partial charge in [-0.2, -0.15) is 0 Å². The molecular weight excluding hydrogens is 272 g/mol. The van der Waals surface area contributed by atoms with Gasteiger partial charge in [0.1, 0.15) is 0 Å². The summed E-state index contributed by atoms with van der Waals surface area (Å²) in [4.78, 5) is 15.3. The van der Waals surface area contributed by atoms with Gasteiger partial charge in [0.2, 0.25) is 0 Å². The van der Waals surface area contributed by atoms with Crippen LogP contribution in [0.3, 0.4) is 0 Å². The fraction of sp³-hybridized carbons (Fsp3) is 0.667. The molecule has 112 valence electrons. The highest BCUT2D eigenvalue weighted by Gasteiger charge is 2.20. The average Bonchev–Trinajstić information content (AvgIpc) is 2.99. The Kier molecular flexibility index (Phi) is 6.33. The van der Waals surface area contributed by atoms with Crippen LogP contribution in [0.4, 0.5) is 4.79 Å². The number of hydrogen-bond donors (Lipinski definition) is 1. The highest BCUT2D eigenvalue weighted by molar-refractivity contribution is 7.09. The molecule has 1 fully saturated rings. The van der Waals surface area contributed by atoms with Crippen molar-refractivity contribution in [2.75, 3.05) is 26.2 Å². The van der Waals surface area contributed by atoms with Crippen LogP contribution in [-0.2, 0) is 11.2 Å². The smallest absolute Gasteiger partial charge is 0.317 e. The van der Waals surface area contributed by atoms with E-state index in [4.69, 9.17) is 4.74 Å². The van der Waals surface area contributed by atoms with Crippen LogP contribution in [0, 0.1) is 0 Å². The zero-order valence-electron chi connectivity index (χ0n) is 12.1. The van der Waals surface area contributed by atoms with E-state index >= 15 is 0 Å². The van der Waals surface area contributed by atoms with Crippen molar-refractivity contribution in [1.82, 2.24) is 10.2 Å². The second kappa shape index (κ2) is 8.27. The highest BCUT2D eigenvalue weighted by atomic mass is 32.1. The van der Waals surface area contributed by atoms with Crippen LogP contribution in [0.1, 0.15) is 31.1 Å². The molecule has 4 nitrogen and oxygen atoms in total. The first kappa shape index (κ1) is 15.3. The summed E-state index contributed by atoms with van der Waals surface area (Å²) in [7, 11) is 0. The van der Waals surface area contributed by atoms with Crippen LogP contribution < -0.4 is 5.32 Å². The van der Waals surface area contributed by atoms with Crippen molar-refractivity contribution in [2.45, 2.75) is 38.7 Å². The van der Waals surface area contributed by atoms with E-state index in [1.54, 1.807) is 11.3 Å². The van der Waals surface area contributed by atoms with E-state index in [0.717, 1.165) is 32.4 Å². The van der Waals surface area contributed by atoms with E-state index in [1.807, 2.05) is 17.9 Å². The molecule has 0 aliphatic carbocycles. The minimum atomic E-state index is 0.0261. The average molecular weight is 296 g/mol. The van der Waals surface area contributed by atoms with Crippen molar-refractivity contribution in [1.29, 1.82) is 0 Å². The molecule has 0 radical (unpaired) electrons. The number of urea groups is 1. The first-order valence-corrected chi connectivity index (χ1v) is 8.34. The molecule has 1 N–H and O–H groups in total. The summed E-state index contributed by atoms with van der Waals surface area (Å²) in [5, 5.41) is 5.07. The second-order valence-electron chi connectivity index (χ2n) is 5.09.